The number of carbonyl (C=O) groups is 3. The summed E-state index contributed by atoms with van der Waals surface area (Å²) in [6.45, 7) is 3.17. The number of likely N-dealkylation sites (tertiary alicyclic amines) is 1. The molecule has 2 aliphatic carbocycles. The summed E-state index contributed by atoms with van der Waals surface area (Å²) in [5, 5.41) is 1.01. The fourth-order valence-corrected chi connectivity index (χ4v) is 10.4. The number of imide groups is 1. The number of carbonyl (C=O) groups excluding carboxylic acids is 3. The molecule has 2 amide bonds. The van der Waals surface area contributed by atoms with Crippen molar-refractivity contribution in [3.63, 3.8) is 0 Å². The van der Waals surface area contributed by atoms with Gasteiger partial charge in [0, 0.05) is 16.0 Å². The number of hydrogen-bond acceptors (Lipinski definition) is 7. The molecule has 3 fully saturated rings. The molecule has 0 radical (unpaired) electrons. The summed E-state index contributed by atoms with van der Waals surface area (Å²) in [7, 11) is 0. The number of fused-ring (bicyclic) bond motifs is 9. The number of aromatic nitrogens is 1. The summed E-state index contributed by atoms with van der Waals surface area (Å²) < 4.78 is 5.23. The number of hydrogen-bond donors (Lipinski definition) is 1. The van der Waals surface area contributed by atoms with E-state index in [1.54, 1.807) is 25.6 Å². The molecule has 7 atom stereocenters. The van der Waals surface area contributed by atoms with E-state index < -0.39 is 17.8 Å². The maximum absolute atomic E-state index is 13.6. The molecule has 4 aliphatic rings. The molecule has 2 bridgehead atoms. The van der Waals surface area contributed by atoms with Gasteiger partial charge in [-0.25, -0.2) is 0 Å². The van der Waals surface area contributed by atoms with E-state index in [1.807, 2.05) is 18.2 Å². The third-order valence-electron chi connectivity index (χ3n) is 8.85. The molecule has 7 nitrogen and oxygen atoms in total. The second-order valence-corrected chi connectivity index (χ2v) is 13.5. The molecule has 2 aliphatic heterocycles. The van der Waals surface area contributed by atoms with Gasteiger partial charge in [-0.1, -0.05) is 65.9 Å². The smallest absolute Gasteiger partial charge is 0.326 e. The van der Waals surface area contributed by atoms with Crippen LogP contribution in [0.3, 0.4) is 0 Å². The first-order chi connectivity index (χ1) is 18.8. The Hall–Kier alpha value is -3.17. The van der Waals surface area contributed by atoms with Crippen molar-refractivity contribution in [3.8, 4) is 11.1 Å². The zero-order chi connectivity index (χ0) is 27.0. The second kappa shape index (κ2) is 9.20. The van der Waals surface area contributed by atoms with Crippen LogP contribution in [0.2, 0.25) is 0 Å². The van der Waals surface area contributed by atoms with Crippen molar-refractivity contribution in [3.05, 3.63) is 74.7 Å². The molecule has 3 aromatic rings. The number of H-pyrrole nitrogens is 1. The molecule has 39 heavy (non-hydrogen) atoms. The van der Waals surface area contributed by atoms with Crippen LogP contribution < -0.4 is 4.87 Å². The van der Waals surface area contributed by atoms with E-state index in [-0.39, 0.29) is 58.3 Å². The number of benzene rings is 2. The van der Waals surface area contributed by atoms with E-state index in [2.05, 4.69) is 41.4 Å². The Kier molecular flexibility index (Phi) is 5.86. The van der Waals surface area contributed by atoms with Crippen molar-refractivity contribution in [2.75, 3.05) is 6.54 Å². The monoisotopic (exact) mass is 560 g/mol. The van der Waals surface area contributed by atoms with Gasteiger partial charge in [-0.3, -0.25) is 24.1 Å². The van der Waals surface area contributed by atoms with Crippen molar-refractivity contribution < 1.29 is 19.1 Å². The van der Waals surface area contributed by atoms with E-state index in [4.69, 9.17) is 4.74 Å². The van der Waals surface area contributed by atoms with Gasteiger partial charge in [-0.2, -0.15) is 0 Å². The van der Waals surface area contributed by atoms with Crippen LogP contribution in [0.5, 0.6) is 0 Å². The molecule has 1 saturated heterocycles. The van der Waals surface area contributed by atoms with Crippen molar-refractivity contribution in [1.82, 2.24) is 9.88 Å². The minimum atomic E-state index is -0.554. The van der Waals surface area contributed by atoms with E-state index in [1.165, 1.54) is 11.3 Å². The first kappa shape index (κ1) is 24.8. The van der Waals surface area contributed by atoms with Gasteiger partial charge in [0.1, 0.15) is 6.54 Å². The van der Waals surface area contributed by atoms with Gasteiger partial charge < -0.3 is 9.72 Å². The van der Waals surface area contributed by atoms with Gasteiger partial charge in [0.25, 0.3) is 0 Å². The molecule has 7 rings (SSSR count). The SMILES string of the molecule is CC(C)OC(=O)CN1C(=O)C2C3CC(C2C1=O)C1C(c2ccc(-c4ccccc4)cc2)c2sc(=O)[nH]c2SC31. The highest BCUT2D eigenvalue weighted by Crippen LogP contribution is 2.68. The molecular weight excluding hydrogens is 532 g/mol. The predicted molar refractivity (Wildman–Crippen MR) is 148 cm³/mol. The highest BCUT2D eigenvalue weighted by atomic mass is 32.2. The Balaban J connectivity index is 1.24. The van der Waals surface area contributed by atoms with E-state index in [0.717, 1.165) is 37.9 Å². The minimum absolute atomic E-state index is 0.0178. The maximum atomic E-state index is 13.6. The second-order valence-electron chi connectivity index (χ2n) is 11.2. The fourth-order valence-electron chi connectivity index (χ4n) is 7.55. The van der Waals surface area contributed by atoms with Crippen LogP contribution in [0.15, 0.2) is 64.4 Å². The molecule has 1 N–H and O–H groups in total. The van der Waals surface area contributed by atoms with Crippen molar-refractivity contribution in [1.29, 1.82) is 0 Å². The van der Waals surface area contributed by atoms with Crippen LogP contribution >= 0.6 is 23.1 Å². The van der Waals surface area contributed by atoms with Crippen LogP contribution in [-0.4, -0.2) is 45.6 Å². The number of rotatable bonds is 5. The first-order valence-corrected chi connectivity index (χ1v) is 15.1. The Bertz CT molecular complexity index is 1530. The average molecular weight is 561 g/mol. The number of ether oxygens (including phenoxy) is 1. The largest absolute Gasteiger partial charge is 0.462 e. The predicted octanol–water partition coefficient (Wildman–Crippen LogP) is 4.53. The topological polar surface area (TPSA) is 96.5 Å². The van der Waals surface area contributed by atoms with Gasteiger partial charge in [0.05, 0.1) is 23.0 Å². The maximum Gasteiger partial charge on any atom is 0.326 e. The Labute approximate surface area is 233 Å². The molecule has 2 aromatic carbocycles. The Morgan fingerprint density at radius 3 is 2.33 bits per heavy atom. The number of amides is 2. The highest BCUT2D eigenvalue weighted by molar-refractivity contribution is 8.00. The van der Waals surface area contributed by atoms with Crippen LogP contribution in [0.4, 0.5) is 0 Å². The van der Waals surface area contributed by atoms with Gasteiger partial charge in [0.2, 0.25) is 11.8 Å². The third kappa shape index (κ3) is 3.84. The lowest BCUT2D eigenvalue weighted by Crippen LogP contribution is -2.42. The van der Waals surface area contributed by atoms with E-state index >= 15 is 0 Å². The number of nitrogens with zero attached hydrogens (tertiary/aromatic N) is 1. The lowest BCUT2D eigenvalue weighted by atomic mass is 9.68. The van der Waals surface area contributed by atoms with Crippen LogP contribution in [0, 0.1) is 29.6 Å². The van der Waals surface area contributed by atoms with Crippen molar-refractivity contribution in [2.45, 2.75) is 42.6 Å². The van der Waals surface area contributed by atoms with Gasteiger partial charge >= 0.3 is 10.8 Å². The molecule has 3 heterocycles. The third-order valence-corrected chi connectivity index (χ3v) is 11.4. The highest BCUT2D eigenvalue weighted by Gasteiger charge is 2.69. The van der Waals surface area contributed by atoms with Gasteiger partial charge in [-0.05, 0) is 54.7 Å². The molecule has 0 spiro atoms. The molecule has 2 saturated carbocycles. The Morgan fingerprint density at radius 1 is 0.974 bits per heavy atom. The molecule has 200 valence electrons. The zero-order valence-corrected chi connectivity index (χ0v) is 23.2. The van der Waals surface area contributed by atoms with Crippen LogP contribution in [0.1, 0.15) is 36.6 Å². The summed E-state index contributed by atoms with van der Waals surface area (Å²) in [5.41, 5.74) is 3.39. The fraction of sp³-hybridized carbons (Fsp3) is 0.400. The standard InChI is InChI=1S/C30H28N2O5S2/c1-14(2)37-20(33)13-32-28(34)23-18-12-19(24(23)29(32)35)25-22(18)21(26-27(38-25)31-30(36)39-26)17-10-8-16(9-11-17)15-6-4-3-5-7-15/h3-11,14,18-19,21-25H,12-13H2,1-2H3,(H,31,36). The summed E-state index contributed by atoms with van der Waals surface area (Å²) in [6, 6.07) is 18.7. The quantitative estimate of drug-likeness (QED) is 0.364. The van der Waals surface area contributed by atoms with Crippen molar-refractivity contribution >= 4 is 40.9 Å². The Morgan fingerprint density at radius 2 is 1.64 bits per heavy atom. The lowest BCUT2D eigenvalue weighted by Gasteiger charge is -2.43. The number of aromatic amines is 1. The number of esters is 1. The molecule has 1 aromatic heterocycles. The number of nitrogens with one attached hydrogen (secondary N) is 1. The number of thioether (sulfide) groups is 1. The molecule has 7 unspecified atom stereocenters. The van der Waals surface area contributed by atoms with Crippen LogP contribution in [-0.2, 0) is 19.1 Å². The summed E-state index contributed by atoms with van der Waals surface area (Å²) >= 11 is 2.92. The normalized spacial score (nSPS) is 30.4. The van der Waals surface area contributed by atoms with E-state index in [9.17, 15) is 19.2 Å². The van der Waals surface area contributed by atoms with Crippen LogP contribution in [0.25, 0.3) is 11.1 Å². The summed E-state index contributed by atoms with van der Waals surface area (Å²) in [5.74, 6) is -1.72. The first-order valence-electron chi connectivity index (χ1n) is 13.4. The van der Waals surface area contributed by atoms with Gasteiger partial charge in [0.15, 0.2) is 0 Å². The van der Waals surface area contributed by atoms with Gasteiger partial charge in [-0.15, -0.1) is 11.8 Å². The zero-order valence-electron chi connectivity index (χ0n) is 21.5. The van der Waals surface area contributed by atoms with Crippen molar-refractivity contribution in [2.24, 2.45) is 29.6 Å². The van der Waals surface area contributed by atoms with E-state index in [0.29, 0.717) is 0 Å². The average Bonchev–Trinajstić information content (AvgIpc) is 3.65. The number of thiazole rings is 1. The summed E-state index contributed by atoms with van der Waals surface area (Å²) in [4.78, 5) is 57.1. The summed E-state index contributed by atoms with van der Waals surface area (Å²) in [6.07, 6.45) is 0.507. The molecule has 9 heteroatoms. The lowest BCUT2D eigenvalue weighted by molar-refractivity contribution is -0.155. The minimum Gasteiger partial charge on any atom is -0.462 e. The molecular formula is C30H28N2O5S2.